The van der Waals surface area contributed by atoms with Crippen LogP contribution in [-0.4, -0.2) is 12.1 Å². The number of aliphatic carboxylic acids is 1. The first-order chi connectivity index (χ1) is 3.46. The van der Waals surface area contributed by atoms with Crippen LogP contribution in [0.2, 0.25) is 0 Å². The fraction of sp³-hybridized carbons (Fsp3) is 0.333. The Morgan fingerprint density at radius 2 is 1.11 bits per heavy atom. The molecule has 5 nitrogen and oxygen atoms in total. The van der Waals surface area contributed by atoms with Gasteiger partial charge in [-0.1, -0.05) is 0 Å². The van der Waals surface area contributed by atoms with E-state index in [0.717, 1.165) is 6.92 Å². The van der Waals surface area contributed by atoms with Gasteiger partial charge in [0.15, 0.2) is 0 Å². The van der Waals surface area contributed by atoms with Crippen molar-refractivity contribution >= 4 is 12.1 Å². The molecule has 6 heteroatoms. The van der Waals surface area contributed by atoms with Gasteiger partial charge in [0, 0.05) is 5.97 Å². The minimum Gasteiger partial charge on any atom is -0.652 e. The van der Waals surface area contributed by atoms with Crippen molar-refractivity contribution in [2.75, 3.05) is 0 Å². The Kier molecular flexibility index (Phi) is 18.0. The molecule has 0 heterocycles. The van der Waals surface area contributed by atoms with E-state index in [1.807, 2.05) is 0 Å². The maximum absolute atomic E-state index is 8.89. The summed E-state index contributed by atoms with van der Waals surface area (Å²) in [6, 6.07) is 0. The first-order valence-electron chi connectivity index (χ1n) is 1.52. The molecule has 0 saturated heterocycles. The van der Waals surface area contributed by atoms with Gasteiger partial charge in [-0.15, -0.1) is 0 Å². The Bertz CT molecular complexity index is 70.2. The molecule has 0 saturated carbocycles. The van der Waals surface area contributed by atoms with Crippen molar-refractivity contribution in [2.45, 2.75) is 6.92 Å². The van der Waals surface area contributed by atoms with Crippen molar-refractivity contribution in [3.63, 3.8) is 0 Å². The zero-order valence-corrected chi connectivity index (χ0v) is 5.28. The van der Waals surface area contributed by atoms with Gasteiger partial charge in [-0.25, -0.2) is 0 Å². The molecule has 0 aromatic carbocycles. The van der Waals surface area contributed by atoms with Gasteiger partial charge in [-0.3, -0.25) is 0 Å². The Balaban J connectivity index is -0.0000000720. The number of carbonyl (C=O) groups is 2. The van der Waals surface area contributed by atoms with Crippen LogP contribution in [0.5, 0.6) is 0 Å². The molecule has 0 spiro atoms. The van der Waals surface area contributed by atoms with Gasteiger partial charge < -0.3 is 24.9 Å². The van der Waals surface area contributed by atoms with E-state index in [2.05, 4.69) is 0 Å². The predicted molar refractivity (Wildman–Crippen MR) is 16.1 cm³/mol. The van der Waals surface area contributed by atoms with Crippen LogP contribution in [0.25, 0.3) is 0 Å². The van der Waals surface area contributed by atoms with Gasteiger partial charge in [0.2, 0.25) is 0 Å². The predicted octanol–water partition coefficient (Wildman–Crippen LogP) is -3.69. The minimum atomic E-state index is -2.33. The number of rotatable bonds is 0. The van der Waals surface area contributed by atoms with E-state index in [9.17, 15) is 0 Å². The maximum Gasteiger partial charge on any atom is 3.00 e. The first-order valence-corrected chi connectivity index (χ1v) is 1.52. The third-order valence-corrected chi connectivity index (χ3v) is 0. The summed E-state index contributed by atoms with van der Waals surface area (Å²) in [6.07, 6.45) is -2.33. The Hall–Kier alpha value is -0.741. The van der Waals surface area contributed by atoms with Crippen molar-refractivity contribution in [1.82, 2.24) is 0 Å². The second-order valence-electron chi connectivity index (χ2n) is 0.742. The van der Waals surface area contributed by atoms with Crippen LogP contribution in [0.15, 0.2) is 0 Å². The molecular weight excluding hydrogens is 180 g/mol. The standard InChI is InChI=1S/C2H4O2.CH2O3.Cu/c1-2(3)4;2-1(3)4;/h1H3,(H,3,4);(H2,2,3,4);/q;;+3/p-3. The molecule has 0 aromatic heterocycles. The fourth-order valence-corrected chi connectivity index (χ4v) is 0. The van der Waals surface area contributed by atoms with Crippen molar-refractivity contribution in [3.8, 4) is 0 Å². The van der Waals surface area contributed by atoms with E-state index in [-0.39, 0.29) is 17.1 Å². The monoisotopic (exact) mass is 182 g/mol. The number of hydrogen-bond acceptors (Lipinski definition) is 5. The van der Waals surface area contributed by atoms with Gasteiger partial charge in [-0.2, -0.15) is 0 Å². The summed E-state index contributed by atoms with van der Waals surface area (Å²) in [6.45, 7) is 0.972. The molecule has 0 radical (unpaired) electrons. The van der Waals surface area contributed by atoms with Gasteiger partial charge in [0.25, 0.3) is 0 Å². The third-order valence-electron chi connectivity index (χ3n) is 0. The number of hydrogen-bond donors (Lipinski definition) is 0. The molecule has 0 atom stereocenters. The molecule has 0 rings (SSSR count). The molecule has 56 valence electrons. The first kappa shape index (κ1) is 15.7. The third kappa shape index (κ3) is 366. The summed E-state index contributed by atoms with van der Waals surface area (Å²) in [5, 5.41) is 25.6. The Labute approximate surface area is 61.8 Å². The van der Waals surface area contributed by atoms with Crippen LogP contribution in [0.3, 0.4) is 0 Å². The Morgan fingerprint density at radius 1 is 1.11 bits per heavy atom. The van der Waals surface area contributed by atoms with Crippen molar-refractivity contribution in [2.24, 2.45) is 0 Å². The number of carbonyl (C=O) groups excluding carboxylic acids is 2. The zero-order chi connectivity index (χ0) is 7.15. The quantitative estimate of drug-likeness (QED) is 0.359. The summed E-state index contributed by atoms with van der Waals surface area (Å²) in [5.41, 5.74) is 0. The van der Waals surface area contributed by atoms with Crippen LogP contribution in [-0.2, 0) is 21.9 Å². The van der Waals surface area contributed by atoms with Crippen LogP contribution >= 0.6 is 0 Å². The number of carboxylic acids is 1. The van der Waals surface area contributed by atoms with Crippen molar-refractivity contribution in [3.05, 3.63) is 0 Å². The fourth-order valence-electron chi connectivity index (χ4n) is 0. The molecule has 0 aliphatic heterocycles. The van der Waals surface area contributed by atoms with Crippen LogP contribution in [0.4, 0.5) is 4.79 Å². The molecule has 0 aromatic rings. The van der Waals surface area contributed by atoms with Gasteiger partial charge >= 0.3 is 17.1 Å². The smallest absolute Gasteiger partial charge is 0.652 e. The van der Waals surface area contributed by atoms with Gasteiger partial charge in [0.05, 0.1) is 0 Å². The van der Waals surface area contributed by atoms with Crippen LogP contribution in [0, 0.1) is 0 Å². The second kappa shape index (κ2) is 10.3. The van der Waals surface area contributed by atoms with E-state index in [1.165, 1.54) is 0 Å². The molecule has 0 amide bonds. The van der Waals surface area contributed by atoms with E-state index in [1.54, 1.807) is 0 Å². The van der Waals surface area contributed by atoms with Crippen molar-refractivity contribution < 1.29 is 42.0 Å². The molecular formula is C3H3CuO5. The molecule has 0 aliphatic carbocycles. The number of carboxylic acid groups (broad SMARTS) is 3. The topological polar surface area (TPSA) is 103 Å². The summed E-state index contributed by atoms with van der Waals surface area (Å²) in [7, 11) is 0. The SMILES string of the molecule is CC(=O)[O-].O=C([O-])[O-].[Cu+3]. The summed E-state index contributed by atoms with van der Waals surface area (Å²) >= 11 is 0. The Morgan fingerprint density at radius 3 is 1.11 bits per heavy atom. The average Bonchev–Trinajstić information content (AvgIpc) is 1.25. The van der Waals surface area contributed by atoms with Crippen LogP contribution < -0.4 is 15.3 Å². The van der Waals surface area contributed by atoms with Crippen molar-refractivity contribution in [1.29, 1.82) is 0 Å². The summed E-state index contributed by atoms with van der Waals surface area (Å²) in [4.78, 5) is 17.2. The molecule has 0 aliphatic rings. The molecule has 0 fully saturated rings. The van der Waals surface area contributed by atoms with Crippen LogP contribution in [0.1, 0.15) is 6.92 Å². The van der Waals surface area contributed by atoms with E-state index >= 15 is 0 Å². The minimum absolute atomic E-state index is 0. The average molecular weight is 183 g/mol. The van der Waals surface area contributed by atoms with Gasteiger partial charge in [-0.05, 0) is 13.1 Å². The maximum atomic E-state index is 8.89. The largest absolute Gasteiger partial charge is 3.00 e. The normalized spacial score (nSPS) is 5.44. The summed E-state index contributed by atoms with van der Waals surface area (Å²) in [5.74, 6) is -1.08. The molecule has 9 heavy (non-hydrogen) atoms. The summed E-state index contributed by atoms with van der Waals surface area (Å²) < 4.78 is 0. The molecule has 0 N–H and O–H groups in total. The second-order valence-corrected chi connectivity index (χ2v) is 0.742. The zero-order valence-electron chi connectivity index (χ0n) is 4.34. The molecule has 0 bridgehead atoms. The van der Waals surface area contributed by atoms with E-state index in [4.69, 9.17) is 24.9 Å². The van der Waals surface area contributed by atoms with E-state index < -0.39 is 12.1 Å². The molecule has 0 unspecified atom stereocenters. The van der Waals surface area contributed by atoms with Gasteiger partial charge in [0.1, 0.15) is 0 Å². The van der Waals surface area contributed by atoms with E-state index in [0.29, 0.717) is 0 Å².